The zero-order valence-corrected chi connectivity index (χ0v) is 10.6. The van der Waals surface area contributed by atoms with E-state index in [-0.39, 0.29) is 0 Å². The van der Waals surface area contributed by atoms with Crippen LogP contribution in [0.5, 0.6) is 0 Å². The van der Waals surface area contributed by atoms with Crippen molar-refractivity contribution in [1.29, 1.82) is 0 Å². The van der Waals surface area contributed by atoms with Crippen molar-refractivity contribution in [3.63, 3.8) is 0 Å². The summed E-state index contributed by atoms with van der Waals surface area (Å²) in [6, 6.07) is 2.43. The lowest BCUT2D eigenvalue weighted by molar-refractivity contribution is 0.130. The number of nitrogens with zero attached hydrogens (tertiary/aromatic N) is 5. The van der Waals surface area contributed by atoms with Crippen LogP contribution in [0.1, 0.15) is 36.8 Å². The largest absolute Gasteiger partial charge is 0.288 e. The van der Waals surface area contributed by atoms with E-state index in [4.69, 9.17) is 0 Å². The lowest BCUT2D eigenvalue weighted by Crippen LogP contribution is -2.34. The Morgan fingerprint density at radius 2 is 2.39 bits per heavy atom. The Balaban J connectivity index is 1.78. The van der Waals surface area contributed by atoms with Crippen LogP contribution in [0.15, 0.2) is 18.6 Å². The van der Waals surface area contributed by atoms with Crippen LogP contribution in [-0.2, 0) is 13.6 Å². The molecule has 1 atom stereocenters. The van der Waals surface area contributed by atoms with Crippen LogP contribution >= 0.6 is 0 Å². The van der Waals surface area contributed by atoms with E-state index in [1.54, 1.807) is 6.33 Å². The minimum absolute atomic E-state index is 0.358. The molecule has 0 aliphatic carbocycles. The highest BCUT2D eigenvalue weighted by Gasteiger charge is 2.26. The first-order valence-corrected chi connectivity index (χ1v) is 6.41. The minimum atomic E-state index is 0.358. The molecule has 96 valence electrons. The molecule has 6 heteroatoms. The Hall–Kier alpha value is -1.69. The van der Waals surface area contributed by atoms with Crippen molar-refractivity contribution in [2.45, 2.75) is 31.8 Å². The van der Waals surface area contributed by atoms with E-state index in [2.05, 4.69) is 31.2 Å². The normalized spacial score (nSPS) is 21.3. The molecule has 0 spiro atoms. The molecule has 0 aromatic carbocycles. The van der Waals surface area contributed by atoms with Crippen molar-refractivity contribution < 1.29 is 0 Å². The average molecular weight is 246 g/mol. The Morgan fingerprint density at radius 1 is 1.44 bits per heavy atom. The first-order valence-electron chi connectivity index (χ1n) is 6.41. The summed E-state index contributed by atoms with van der Waals surface area (Å²) < 4.78 is 1.94. The standard InChI is InChI=1S/C12H18N6/c1-17-10(5-6-15-17)8-18-7-3-2-4-11(18)12-13-9-14-16-12/h5-6,9,11H,2-4,7-8H2,1H3,(H,13,14,16)/t11-/m1/s1. The van der Waals surface area contributed by atoms with Crippen LogP contribution in [0.2, 0.25) is 0 Å². The van der Waals surface area contributed by atoms with Crippen LogP contribution in [0.4, 0.5) is 0 Å². The minimum Gasteiger partial charge on any atom is -0.288 e. The molecule has 18 heavy (non-hydrogen) atoms. The summed E-state index contributed by atoms with van der Waals surface area (Å²) in [5.74, 6) is 0.983. The zero-order chi connectivity index (χ0) is 12.4. The van der Waals surface area contributed by atoms with Crippen LogP contribution in [-0.4, -0.2) is 36.4 Å². The van der Waals surface area contributed by atoms with E-state index < -0.39 is 0 Å². The molecular weight excluding hydrogens is 228 g/mol. The molecule has 3 heterocycles. The van der Waals surface area contributed by atoms with Crippen molar-refractivity contribution in [2.75, 3.05) is 6.54 Å². The maximum absolute atomic E-state index is 4.31. The molecule has 1 aliphatic heterocycles. The van der Waals surface area contributed by atoms with E-state index in [0.717, 1.165) is 25.3 Å². The predicted octanol–water partition coefficient (Wildman–Crippen LogP) is 1.27. The molecule has 0 amide bonds. The molecule has 2 aromatic heterocycles. The van der Waals surface area contributed by atoms with Crippen molar-refractivity contribution in [3.05, 3.63) is 30.1 Å². The number of H-pyrrole nitrogens is 1. The van der Waals surface area contributed by atoms with Gasteiger partial charge in [-0.15, -0.1) is 0 Å². The second-order valence-corrected chi connectivity index (χ2v) is 4.80. The van der Waals surface area contributed by atoms with Gasteiger partial charge >= 0.3 is 0 Å². The summed E-state index contributed by atoms with van der Waals surface area (Å²) in [7, 11) is 1.99. The van der Waals surface area contributed by atoms with Gasteiger partial charge in [0, 0.05) is 19.8 Å². The highest BCUT2D eigenvalue weighted by Crippen LogP contribution is 2.29. The summed E-state index contributed by atoms with van der Waals surface area (Å²) in [6.45, 7) is 2.03. The zero-order valence-electron chi connectivity index (χ0n) is 10.6. The summed E-state index contributed by atoms with van der Waals surface area (Å²) in [4.78, 5) is 6.77. The van der Waals surface area contributed by atoms with Gasteiger partial charge in [-0.1, -0.05) is 6.42 Å². The van der Waals surface area contributed by atoms with Crippen molar-refractivity contribution in [3.8, 4) is 0 Å². The maximum atomic E-state index is 4.31. The molecule has 1 aliphatic rings. The number of nitrogens with one attached hydrogen (secondary N) is 1. The Kier molecular flexibility index (Phi) is 3.10. The average Bonchev–Trinajstić information content (AvgIpc) is 3.03. The molecule has 0 saturated carbocycles. The molecule has 3 rings (SSSR count). The SMILES string of the molecule is Cn1nccc1CN1CCCC[C@@H]1c1ncn[nH]1. The van der Waals surface area contributed by atoms with Crippen molar-refractivity contribution in [1.82, 2.24) is 29.9 Å². The fourth-order valence-electron chi connectivity index (χ4n) is 2.63. The van der Waals surface area contributed by atoms with Crippen molar-refractivity contribution >= 4 is 0 Å². The second-order valence-electron chi connectivity index (χ2n) is 4.80. The number of aryl methyl sites for hydroxylation is 1. The Morgan fingerprint density at radius 3 is 3.11 bits per heavy atom. The van der Waals surface area contributed by atoms with Gasteiger partial charge in [-0.05, 0) is 25.5 Å². The first kappa shape index (κ1) is 11.4. The molecule has 1 saturated heterocycles. The maximum Gasteiger partial charge on any atom is 0.141 e. The van der Waals surface area contributed by atoms with E-state index in [0.29, 0.717) is 6.04 Å². The molecule has 1 fully saturated rings. The Labute approximate surface area is 106 Å². The van der Waals surface area contributed by atoms with Crippen LogP contribution < -0.4 is 0 Å². The Bertz CT molecular complexity index is 488. The number of aromatic amines is 1. The highest BCUT2D eigenvalue weighted by atomic mass is 15.3. The van der Waals surface area contributed by atoms with Gasteiger partial charge in [0.2, 0.25) is 0 Å². The topological polar surface area (TPSA) is 62.6 Å². The van der Waals surface area contributed by atoms with Gasteiger partial charge in [0.25, 0.3) is 0 Å². The fraction of sp³-hybridized carbons (Fsp3) is 0.583. The van der Waals surface area contributed by atoms with Gasteiger partial charge in [0.15, 0.2) is 0 Å². The monoisotopic (exact) mass is 246 g/mol. The summed E-state index contributed by atoms with van der Waals surface area (Å²) in [6.07, 6.45) is 7.09. The summed E-state index contributed by atoms with van der Waals surface area (Å²) >= 11 is 0. The number of hydrogen-bond donors (Lipinski definition) is 1. The molecule has 2 aromatic rings. The lowest BCUT2D eigenvalue weighted by Gasteiger charge is -2.34. The fourth-order valence-corrected chi connectivity index (χ4v) is 2.63. The van der Waals surface area contributed by atoms with Crippen LogP contribution in [0.25, 0.3) is 0 Å². The first-order chi connectivity index (χ1) is 8.84. The predicted molar refractivity (Wildman–Crippen MR) is 66.6 cm³/mol. The van der Waals surface area contributed by atoms with Gasteiger partial charge in [0.05, 0.1) is 11.7 Å². The van der Waals surface area contributed by atoms with Gasteiger partial charge in [0.1, 0.15) is 12.2 Å². The van der Waals surface area contributed by atoms with Gasteiger partial charge < -0.3 is 0 Å². The molecule has 1 N–H and O–H groups in total. The third kappa shape index (κ3) is 2.15. The molecule has 0 radical (unpaired) electrons. The van der Waals surface area contributed by atoms with E-state index in [1.165, 1.54) is 18.5 Å². The molecule has 6 nitrogen and oxygen atoms in total. The summed E-state index contributed by atoms with van der Waals surface area (Å²) in [5.41, 5.74) is 1.24. The number of hydrogen-bond acceptors (Lipinski definition) is 4. The van der Waals surface area contributed by atoms with Crippen molar-refractivity contribution in [2.24, 2.45) is 7.05 Å². The van der Waals surface area contributed by atoms with Gasteiger partial charge in [-0.25, -0.2) is 4.98 Å². The molecule has 0 unspecified atom stereocenters. The smallest absolute Gasteiger partial charge is 0.141 e. The van der Waals surface area contributed by atoms with Crippen LogP contribution in [0, 0.1) is 0 Å². The van der Waals surface area contributed by atoms with E-state index >= 15 is 0 Å². The quantitative estimate of drug-likeness (QED) is 0.885. The van der Waals surface area contributed by atoms with E-state index in [9.17, 15) is 0 Å². The van der Waals surface area contributed by atoms with Crippen LogP contribution in [0.3, 0.4) is 0 Å². The second kappa shape index (κ2) is 4.89. The van der Waals surface area contributed by atoms with Gasteiger partial charge in [-0.2, -0.15) is 10.2 Å². The lowest BCUT2D eigenvalue weighted by atomic mass is 10.0. The number of piperidine rings is 1. The third-order valence-electron chi connectivity index (χ3n) is 3.65. The number of aromatic nitrogens is 5. The number of rotatable bonds is 3. The summed E-state index contributed by atoms with van der Waals surface area (Å²) in [5, 5.41) is 11.2. The third-order valence-corrected chi connectivity index (χ3v) is 3.65. The highest BCUT2D eigenvalue weighted by molar-refractivity contribution is 5.03. The molecular formula is C12H18N6. The number of likely N-dealkylation sites (tertiary alicyclic amines) is 1. The van der Waals surface area contributed by atoms with Gasteiger partial charge in [-0.3, -0.25) is 14.7 Å². The molecule has 0 bridgehead atoms. The van der Waals surface area contributed by atoms with E-state index in [1.807, 2.05) is 17.9 Å².